The van der Waals surface area contributed by atoms with Crippen LogP contribution in [0, 0.1) is 6.92 Å². The molecule has 1 N–H and O–H groups in total. The number of hydrogen-bond donors (Lipinski definition) is 1. The average Bonchev–Trinajstić information content (AvgIpc) is 3.33. The first kappa shape index (κ1) is 24.4. The van der Waals surface area contributed by atoms with Gasteiger partial charge in [-0.3, -0.25) is 14.5 Å². The van der Waals surface area contributed by atoms with Crippen LogP contribution in [0.4, 0.5) is 5.69 Å². The molecule has 1 aromatic heterocycles. The van der Waals surface area contributed by atoms with Gasteiger partial charge in [-0.2, -0.15) is 0 Å². The Bertz CT molecular complexity index is 1350. The number of carbonyl (C=O) groups is 2. The van der Waals surface area contributed by atoms with E-state index in [0.717, 1.165) is 5.56 Å². The van der Waals surface area contributed by atoms with Crippen LogP contribution in [0.1, 0.15) is 22.0 Å². The lowest BCUT2D eigenvalue weighted by Gasteiger charge is -2.25. The largest absolute Gasteiger partial charge is 0.507 e. The Labute approximate surface area is 214 Å². The molecule has 10 heteroatoms. The van der Waals surface area contributed by atoms with E-state index in [9.17, 15) is 14.7 Å². The van der Waals surface area contributed by atoms with Gasteiger partial charge in [-0.1, -0.05) is 40.9 Å². The van der Waals surface area contributed by atoms with Gasteiger partial charge >= 0.3 is 0 Å². The van der Waals surface area contributed by atoms with E-state index in [2.05, 4.69) is 0 Å². The van der Waals surface area contributed by atoms with Crippen LogP contribution in [0.15, 0.2) is 47.4 Å². The minimum atomic E-state index is -0.900. The highest BCUT2D eigenvalue weighted by atomic mass is 35.5. The average molecular weight is 539 g/mol. The highest BCUT2D eigenvalue weighted by molar-refractivity contribution is 7.10. The number of halogens is 3. The number of nitrogens with zero attached hydrogens (tertiary/aromatic N) is 1. The minimum absolute atomic E-state index is 0.0203. The fourth-order valence-corrected chi connectivity index (χ4v) is 5.83. The molecule has 1 aliphatic heterocycles. The maximum absolute atomic E-state index is 13.3. The van der Waals surface area contributed by atoms with Gasteiger partial charge in [0, 0.05) is 15.6 Å². The van der Waals surface area contributed by atoms with Crippen molar-refractivity contribution in [3.63, 3.8) is 0 Å². The second-order valence-corrected chi connectivity index (χ2v) is 9.57. The highest BCUT2D eigenvalue weighted by Crippen LogP contribution is 2.49. The minimum Gasteiger partial charge on any atom is -0.507 e. The van der Waals surface area contributed by atoms with E-state index in [1.807, 2.05) is 18.4 Å². The van der Waals surface area contributed by atoms with Crippen LogP contribution in [0.3, 0.4) is 0 Å². The summed E-state index contributed by atoms with van der Waals surface area (Å²) >= 11 is 20.2. The summed E-state index contributed by atoms with van der Waals surface area (Å²) in [5.41, 5.74) is 1.21. The molecule has 0 radical (unpaired) electrons. The second kappa shape index (κ2) is 9.50. The van der Waals surface area contributed by atoms with Crippen LogP contribution in [-0.4, -0.2) is 31.0 Å². The molecule has 4 rings (SSSR count). The van der Waals surface area contributed by atoms with Crippen LogP contribution in [0.5, 0.6) is 11.5 Å². The fraction of sp³-hybridized carbons (Fsp3) is 0.167. The van der Waals surface area contributed by atoms with Gasteiger partial charge in [0.05, 0.1) is 30.4 Å². The van der Waals surface area contributed by atoms with Gasteiger partial charge in [-0.15, -0.1) is 11.3 Å². The number of methoxy groups -OCH3 is 2. The van der Waals surface area contributed by atoms with E-state index in [1.54, 1.807) is 24.3 Å². The van der Waals surface area contributed by atoms with Crippen LogP contribution in [0.25, 0.3) is 5.76 Å². The Morgan fingerprint density at radius 3 is 2.35 bits per heavy atom. The number of hydrogen-bond acceptors (Lipinski definition) is 6. The molecule has 2 aromatic carbocycles. The summed E-state index contributed by atoms with van der Waals surface area (Å²) in [7, 11) is 2.75. The molecule has 1 fully saturated rings. The van der Waals surface area contributed by atoms with E-state index in [-0.39, 0.29) is 32.7 Å². The lowest BCUT2D eigenvalue weighted by atomic mass is 9.97. The number of ether oxygens (including phenoxy) is 2. The number of carbonyl (C=O) groups excluding carboxylic acids is 2. The van der Waals surface area contributed by atoms with Crippen molar-refractivity contribution in [1.29, 1.82) is 0 Å². The molecule has 0 aliphatic carbocycles. The van der Waals surface area contributed by atoms with Crippen molar-refractivity contribution in [2.24, 2.45) is 0 Å². The number of anilines is 1. The molecule has 34 heavy (non-hydrogen) atoms. The van der Waals surface area contributed by atoms with Crippen molar-refractivity contribution >= 4 is 69.3 Å². The summed E-state index contributed by atoms with van der Waals surface area (Å²) in [5, 5.41) is 13.8. The van der Waals surface area contributed by atoms with Crippen molar-refractivity contribution in [3.8, 4) is 11.5 Å². The topological polar surface area (TPSA) is 76.1 Å². The summed E-state index contributed by atoms with van der Waals surface area (Å²) in [5.74, 6) is -1.92. The number of amides is 1. The quantitative estimate of drug-likeness (QED) is 0.223. The molecule has 1 amide bonds. The summed E-state index contributed by atoms with van der Waals surface area (Å²) in [6.07, 6.45) is 0. The molecule has 176 valence electrons. The zero-order chi connectivity index (χ0) is 24.7. The van der Waals surface area contributed by atoms with E-state index in [1.165, 1.54) is 36.5 Å². The van der Waals surface area contributed by atoms with E-state index >= 15 is 0 Å². The summed E-state index contributed by atoms with van der Waals surface area (Å²) in [6.45, 7) is 1.87. The third-order valence-electron chi connectivity index (χ3n) is 5.48. The number of aliphatic hydroxyl groups excluding tert-OH is 1. The number of ketones is 1. The molecule has 1 atom stereocenters. The standard InChI is InChI=1S/C24H18Cl3NO5S/c1-11-7-8-34-23(11)18-16(20(30)24(31)28(18)13-6-4-5-12(25)9-13)19(29)14-10-15(26)22(33-3)17(27)21(14)32-2/h4-10,18,29H,1-3H3/b19-16+. The normalized spacial score (nSPS) is 17.4. The maximum atomic E-state index is 13.3. The third-order valence-corrected chi connectivity index (χ3v) is 7.41. The van der Waals surface area contributed by atoms with Gasteiger partial charge in [0.25, 0.3) is 11.7 Å². The molecular formula is C24H18Cl3NO5S. The molecular weight excluding hydrogens is 521 g/mol. The molecule has 1 unspecified atom stereocenters. The molecule has 0 spiro atoms. The summed E-state index contributed by atoms with van der Waals surface area (Å²) in [6, 6.07) is 8.97. The second-order valence-electron chi connectivity index (χ2n) is 7.40. The summed E-state index contributed by atoms with van der Waals surface area (Å²) in [4.78, 5) is 28.6. The first-order valence-corrected chi connectivity index (χ1v) is 11.9. The van der Waals surface area contributed by atoms with Gasteiger partial charge < -0.3 is 14.6 Å². The molecule has 0 saturated carbocycles. The maximum Gasteiger partial charge on any atom is 0.300 e. The predicted octanol–water partition coefficient (Wildman–Crippen LogP) is 6.66. The Morgan fingerprint density at radius 2 is 1.76 bits per heavy atom. The summed E-state index contributed by atoms with van der Waals surface area (Å²) < 4.78 is 10.6. The number of rotatable bonds is 5. The molecule has 0 bridgehead atoms. The van der Waals surface area contributed by atoms with E-state index < -0.39 is 23.5 Å². The fourth-order valence-electron chi connectivity index (χ4n) is 3.93. The van der Waals surface area contributed by atoms with Gasteiger partial charge in [0.2, 0.25) is 0 Å². The predicted molar refractivity (Wildman–Crippen MR) is 135 cm³/mol. The number of benzene rings is 2. The van der Waals surface area contributed by atoms with Gasteiger partial charge in [0.1, 0.15) is 16.8 Å². The van der Waals surface area contributed by atoms with Crippen LogP contribution in [-0.2, 0) is 9.59 Å². The first-order chi connectivity index (χ1) is 16.2. The zero-order valence-electron chi connectivity index (χ0n) is 18.2. The van der Waals surface area contributed by atoms with E-state index in [4.69, 9.17) is 44.3 Å². The zero-order valence-corrected chi connectivity index (χ0v) is 21.3. The number of Topliss-reactive ketones (excluding diaryl/α,β-unsaturated/α-hetero) is 1. The Hall–Kier alpha value is -2.71. The number of aryl methyl sites for hydroxylation is 1. The first-order valence-electron chi connectivity index (χ1n) is 9.92. The van der Waals surface area contributed by atoms with Crippen LogP contribution >= 0.6 is 46.1 Å². The third kappa shape index (κ3) is 3.92. The Kier molecular flexibility index (Phi) is 6.82. The highest BCUT2D eigenvalue weighted by Gasteiger charge is 2.48. The van der Waals surface area contributed by atoms with Crippen molar-refractivity contribution < 1.29 is 24.2 Å². The number of aliphatic hydroxyl groups is 1. The SMILES string of the molecule is COc1c(Cl)cc(/C(O)=C2\C(=O)C(=O)N(c3cccc(Cl)c3)C2c2sccc2C)c(OC)c1Cl. The van der Waals surface area contributed by atoms with Gasteiger partial charge in [-0.25, -0.2) is 0 Å². The molecule has 1 saturated heterocycles. The van der Waals surface area contributed by atoms with Gasteiger partial charge in [-0.05, 0) is 48.2 Å². The van der Waals surface area contributed by atoms with Gasteiger partial charge in [0.15, 0.2) is 11.5 Å². The molecule has 3 aromatic rings. The monoisotopic (exact) mass is 537 g/mol. The van der Waals surface area contributed by atoms with E-state index in [0.29, 0.717) is 15.6 Å². The van der Waals surface area contributed by atoms with Crippen LogP contribution < -0.4 is 14.4 Å². The Balaban J connectivity index is 2.02. The van der Waals surface area contributed by atoms with Crippen molar-refractivity contribution in [2.45, 2.75) is 13.0 Å². The Morgan fingerprint density at radius 1 is 1.06 bits per heavy atom. The number of thiophene rings is 1. The lowest BCUT2D eigenvalue weighted by molar-refractivity contribution is -0.132. The molecule has 2 heterocycles. The smallest absolute Gasteiger partial charge is 0.300 e. The van der Waals surface area contributed by atoms with Crippen molar-refractivity contribution in [3.05, 3.63) is 78.4 Å². The van der Waals surface area contributed by atoms with Crippen LogP contribution in [0.2, 0.25) is 15.1 Å². The molecule has 1 aliphatic rings. The lowest BCUT2D eigenvalue weighted by Crippen LogP contribution is -2.29. The van der Waals surface area contributed by atoms with Crippen molar-refractivity contribution in [2.75, 3.05) is 19.1 Å². The van der Waals surface area contributed by atoms with Crippen molar-refractivity contribution in [1.82, 2.24) is 0 Å². The molecule has 6 nitrogen and oxygen atoms in total.